The smallest absolute Gasteiger partial charge is 0.302 e. The summed E-state index contributed by atoms with van der Waals surface area (Å²) in [6.07, 6.45) is 4.86. The Morgan fingerprint density at radius 2 is 1.90 bits per heavy atom. The first-order valence-corrected chi connectivity index (χ1v) is 10.2. The van der Waals surface area contributed by atoms with E-state index in [1.807, 2.05) is 48.5 Å². The number of hydrogen-bond acceptors (Lipinski definition) is 7. The van der Waals surface area contributed by atoms with Crippen LogP contribution in [0.4, 0.5) is 0 Å². The molecule has 0 radical (unpaired) electrons. The molecule has 9 heteroatoms. The highest BCUT2D eigenvalue weighted by Crippen LogP contribution is 2.35. The van der Waals surface area contributed by atoms with Gasteiger partial charge in [0.1, 0.15) is 11.5 Å². The number of para-hydroxylation sites is 1. The Morgan fingerprint density at radius 3 is 2.60 bits per heavy atom. The van der Waals surface area contributed by atoms with E-state index >= 15 is 0 Å². The summed E-state index contributed by atoms with van der Waals surface area (Å²) in [6, 6.07) is 15.7. The molecule has 0 aliphatic heterocycles. The topological polar surface area (TPSA) is 88.7 Å². The fourth-order valence-corrected chi connectivity index (χ4v) is 4.27. The molecule has 3 aromatic rings. The highest BCUT2D eigenvalue weighted by atomic mass is 32.2. The van der Waals surface area contributed by atoms with Crippen LogP contribution in [0.1, 0.15) is 12.0 Å². The maximum Gasteiger partial charge on any atom is 0.302 e. The van der Waals surface area contributed by atoms with E-state index in [1.54, 1.807) is 36.7 Å². The van der Waals surface area contributed by atoms with Gasteiger partial charge in [-0.3, -0.25) is 0 Å². The highest BCUT2D eigenvalue weighted by molar-refractivity contribution is 8.00. The standard InChI is InChI=1S/C21H23N3O5S/c1-27-17-10-7-16(8-11-17)9-12-18(30-20-6-4-3-5-19(20)28-2)15-23-14-13-22-21(23)29-24(25)26/h3-8,10-11,13-14,18H,9,12,15H2,1-2H3. The zero-order valence-corrected chi connectivity index (χ0v) is 17.6. The van der Waals surface area contributed by atoms with E-state index in [4.69, 9.17) is 9.47 Å². The molecule has 1 aromatic heterocycles. The summed E-state index contributed by atoms with van der Waals surface area (Å²) in [7, 11) is 3.29. The maximum absolute atomic E-state index is 10.7. The second kappa shape index (κ2) is 10.5. The van der Waals surface area contributed by atoms with Gasteiger partial charge in [-0.1, -0.05) is 24.3 Å². The van der Waals surface area contributed by atoms with E-state index in [0.717, 1.165) is 29.2 Å². The van der Waals surface area contributed by atoms with E-state index in [0.29, 0.717) is 6.54 Å². The number of methoxy groups -OCH3 is 2. The molecule has 0 bridgehead atoms. The summed E-state index contributed by atoms with van der Waals surface area (Å²) in [5.41, 5.74) is 1.19. The summed E-state index contributed by atoms with van der Waals surface area (Å²) in [5, 5.41) is 10.00. The Labute approximate surface area is 178 Å². The molecule has 158 valence electrons. The molecule has 3 rings (SSSR count). The lowest BCUT2D eigenvalue weighted by Gasteiger charge is -2.19. The van der Waals surface area contributed by atoms with Gasteiger partial charge >= 0.3 is 5.09 Å². The lowest BCUT2D eigenvalue weighted by Crippen LogP contribution is -2.17. The van der Waals surface area contributed by atoms with Gasteiger partial charge in [0.2, 0.25) is 0 Å². The largest absolute Gasteiger partial charge is 0.497 e. The van der Waals surface area contributed by atoms with Crippen molar-refractivity contribution in [3.05, 3.63) is 76.6 Å². The van der Waals surface area contributed by atoms with Crippen molar-refractivity contribution in [1.29, 1.82) is 0 Å². The van der Waals surface area contributed by atoms with Crippen LogP contribution in [-0.4, -0.2) is 34.1 Å². The minimum Gasteiger partial charge on any atom is -0.497 e. The van der Waals surface area contributed by atoms with Crippen LogP contribution in [0.2, 0.25) is 0 Å². The van der Waals surface area contributed by atoms with Crippen LogP contribution in [0, 0.1) is 10.1 Å². The average Bonchev–Trinajstić information content (AvgIpc) is 3.18. The molecular weight excluding hydrogens is 406 g/mol. The van der Waals surface area contributed by atoms with Crippen LogP contribution in [0.3, 0.4) is 0 Å². The molecule has 1 unspecified atom stereocenters. The predicted octanol–water partition coefficient (Wildman–Crippen LogP) is 4.26. The number of rotatable bonds is 11. The Balaban J connectivity index is 1.77. The molecular formula is C21H23N3O5S. The number of nitrogens with zero attached hydrogens (tertiary/aromatic N) is 3. The number of thioether (sulfide) groups is 1. The number of aromatic nitrogens is 2. The lowest BCUT2D eigenvalue weighted by atomic mass is 10.1. The Hall–Kier alpha value is -3.20. The predicted molar refractivity (Wildman–Crippen MR) is 114 cm³/mol. The molecule has 0 saturated heterocycles. The molecule has 8 nitrogen and oxygen atoms in total. The molecule has 30 heavy (non-hydrogen) atoms. The van der Waals surface area contributed by atoms with Gasteiger partial charge in [-0.05, 0) is 42.7 Å². The molecule has 0 amide bonds. The second-order valence-electron chi connectivity index (χ2n) is 6.45. The van der Waals surface area contributed by atoms with Gasteiger partial charge < -0.3 is 14.0 Å². The maximum atomic E-state index is 10.7. The third-order valence-corrected chi connectivity index (χ3v) is 5.82. The van der Waals surface area contributed by atoms with E-state index in [2.05, 4.69) is 9.82 Å². The fraction of sp³-hybridized carbons (Fsp3) is 0.286. The van der Waals surface area contributed by atoms with Crippen molar-refractivity contribution in [1.82, 2.24) is 9.55 Å². The average molecular weight is 429 g/mol. The minimum absolute atomic E-state index is 0.0323. The zero-order valence-electron chi connectivity index (χ0n) is 16.8. The Bertz CT molecular complexity index is 961. The molecule has 0 spiro atoms. The van der Waals surface area contributed by atoms with Crippen molar-refractivity contribution in [2.75, 3.05) is 14.2 Å². The van der Waals surface area contributed by atoms with Gasteiger partial charge in [-0.2, -0.15) is 0 Å². The van der Waals surface area contributed by atoms with E-state index in [-0.39, 0.29) is 11.3 Å². The van der Waals surface area contributed by atoms with Crippen LogP contribution in [-0.2, 0) is 13.0 Å². The van der Waals surface area contributed by atoms with E-state index in [9.17, 15) is 10.1 Å². The Kier molecular flexibility index (Phi) is 7.56. The molecule has 0 aliphatic carbocycles. The number of imidazole rings is 1. The first kappa shape index (κ1) is 21.5. The van der Waals surface area contributed by atoms with Gasteiger partial charge in [0.15, 0.2) is 0 Å². The molecule has 0 aliphatic rings. The number of aryl methyl sites for hydroxylation is 1. The van der Waals surface area contributed by atoms with Crippen molar-refractivity contribution in [2.24, 2.45) is 0 Å². The van der Waals surface area contributed by atoms with E-state index < -0.39 is 5.09 Å². The van der Waals surface area contributed by atoms with Crippen LogP contribution in [0.15, 0.2) is 65.8 Å². The Morgan fingerprint density at radius 1 is 1.13 bits per heavy atom. The third kappa shape index (κ3) is 5.90. The second-order valence-corrected chi connectivity index (χ2v) is 7.80. The van der Waals surface area contributed by atoms with Crippen LogP contribution >= 0.6 is 11.8 Å². The van der Waals surface area contributed by atoms with Gasteiger partial charge in [0.05, 0.1) is 14.2 Å². The summed E-state index contributed by atoms with van der Waals surface area (Å²) >= 11 is 1.67. The van der Waals surface area contributed by atoms with Crippen molar-refractivity contribution < 1.29 is 19.4 Å². The van der Waals surface area contributed by atoms with Gasteiger partial charge in [-0.25, -0.2) is 9.82 Å². The summed E-state index contributed by atoms with van der Waals surface area (Å²) in [6.45, 7) is 0.502. The number of ether oxygens (including phenoxy) is 2. The number of hydrogen-bond donors (Lipinski definition) is 0. The van der Waals surface area contributed by atoms with Crippen LogP contribution in [0.5, 0.6) is 17.5 Å². The zero-order chi connectivity index (χ0) is 21.3. The van der Waals surface area contributed by atoms with Gasteiger partial charge in [0.25, 0.3) is 6.01 Å². The third-order valence-electron chi connectivity index (χ3n) is 4.51. The van der Waals surface area contributed by atoms with Gasteiger partial charge in [-0.15, -0.1) is 21.9 Å². The van der Waals surface area contributed by atoms with Crippen LogP contribution < -0.4 is 14.3 Å². The molecule has 2 aromatic carbocycles. The SMILES string of the molecule is COc1ccc(CCC(Cn2ccnc2O[N+](=O)[O-])Sc2ccccc2OC)cc1. The molecule has 1 atom stereocenters. The fourth-order valence-electron chi connectivity index (χ4n) is 3.02. The van der Waals surface area contributed by atoms with Gasteiger partial charge in [0, 0.05) is 29.1 Å². The molecule has 0 fully saturated rings. The van der Waals surface area contributed by atoms with Crippen molar-refractivity contribution in [3.8, 4) is 17.5 Å². The van der Waals surface area contributed by atoms with Crippen LogP contribution in [0.25, 0.3) is 0 Å². The van der Waals surface area contributed by atoms with Crippen molar-refractivity contribution in [3.63, 3.8) is 0 Å². The molecule has 0 saturated carbocycles. The van der Waals surface area contributed by atoms with E-state index in [1.165, 1.54) is 11.8 Å². The summed E-state index contributed by atoms with van der Waals surface area (Å²) < 4.78 is 12.4. The normalized spacial score (nSPS) is 11.7. The quantitative estimate of drug-likeness (QED) is 0.255. The number of benzene rings is 2. The van der Waals surface area contributed by atoms with Crippen molar-refractivity contribution >= 4 is 11.8 Å². The summed E-state index contributed by atoms with van der Waals surface area (Å²) in [4.78, 5) is 20.3. The molecule has 1 heterocycles. The first-order chi connectivity index (χ1) is 14.6. The lowest BCUT2D eigenvalue weighted by molar-refractivity contribution is -0.713. The monoisotopic (exact) mass is 429 g/mol. The van der Waals surface area contributed by atoms with Crippen molar-refractivity contribution in [2.45, 2.75) is 29.5 Å². The highest BCUT2D eigenvalue weighted by Gasteiger charge is 2.17. The minimum atomic E-state index is -0.849. The molecule has 0 N–H and O–H groups in total. The summed E-state index contributed by atoms with van der Waals surface area (Å²) in [5.74, 6) is 1.61. The first-order valence-electron chi connectivity index (χ1n) is 9.35.